The lowest BCUT2D eigenvalue weighted by atomic mass is 10.1. The van der Waals surface area contributed by atoms with Crippen LogP contribution in [-0.4, -0.2) is 19.9 Å². The smallest absolute Gasteiger partial charge is 0.239 e. The molecule has 0 amide bonds. The number of hydrogen-bond donors (Lipinski definition) is 0. The number of benzene rings is 4. The number of thiazole rings is 2. The van der Waals surface area contributed by atoms with Gasteiger partial charge in [-0.3, -0.25) is 0 Å². The predicted molar refractivity (Wildman–Crippen MR) is 172 cm³/mol. The molecule has 6 heterocycles. The normalized spacial score (nSPS) is 12.1. The van der Waals surface area contributed by atoms with E-state index in [2.05, 4.69) is 9.97 Å². The van der Waals surface area contributed by atoms with E-state index in [1.54, 1.807) is 24.5 Å². The zero-order valence-corrected chi connectivity index (χ0v) is 24.7. The first-order valence-corrected chi connectivity index (χ1v) is 15.6. The van der Waals surface area contributed by atoms with E-state index in [1.165, 1.54) is 46.9 Å². The molecule has 0 saturated heterocycles. The topological polar surface area (TPSA) is 104 Å². The molecule has 0 spiro atoms. The van der Waals surface area contributed by atoms with Crippen LogP contribution in [0, 0.1) is 11.6 Å². The summed E-state index contributed by atoms with van der Waals surface area (Å²) in [6, 6.07) is 20.3. The second-order valence-electron chi connectivity index (χ2n) is 10.7. The van der Waals surface area contributed by atoms with Crippen molar-refractivity contribution in [2.75, 3.05) is 0 Å². The van der Waals surface area contributed by atoms with Gasteiger partial charge in [-0.1, -0.05) is 0 Å². The Kier molecular flexibility index (Phi) is 5.23. The number of fused-ring (bicyclic) bond motifs is 5. The highest BCUT2D eigenvalue weighted by molar-refractivity contribution is 7.18. The average Bonchev–Trinajstić information content (AvgIpc) is 3.87. The van der Waals surface area contributed by atoms with Crippen LogP contribution >= 0.6 is 22.7 Å². The summed E-state index contributed by atoms with van der Waals surface area (Å²) in [5.74, 6) is 1.27. The van der Waals surface area contributed by atoms with Crippen molar-refractivity contribution in [3.05, 3.63) is 96.8 Å². The Hall–Kier alpha value is -5.72. The minimum Gasteiger partial charge on any atom is -0.453 e. The summed E-state index contributed by atoms with van der Waals surface area (Å²) in [6.07, 6.45) is 3.38. The molecule has 0 bridgehead atoms. The highest BCUT2D eigenvalue weighted by Gasteiger charge is 2.19. The van der Waals surface area contributed by atoms with Crippen molar-refractivity contribution < 1.29 is 26.4 Å². The first-order chi connectivity index (χ1) is 22.5. The summed E-state index contributed by atoms with van der Waals surface area (Å²) in [5.41, 5.74) is 3.55. The largest absolute Gasteiger partial charge is 0.453 e. The zero-order chi connectivity index (χ0) is 30.5. The van der Waals surface area contributed by atoms with Gasteiger partial charge in [0.1, 0.15) is 43.6 Å². The monoisotopic (exact) mass is 644 g/mol. The number of aromatic nitrogens is 4. The zero-order valence-electron chi connectivity index (χ0n) is 23.1. The molecule has 0 saturated carbocycles. The van der Waals surface area contributed by atoms with Crippen molar-refractivity contribution >= 4 is 77.6 Å². The van der Waals surface area contributed by atoms with Crippen LogP contribution in [-0.2, 0) is 0 Å². The van der Waals surface area contributed by atoms with Gasteiger partial charge in [0, 0.05) is 22.9 Å². The van der Waals surface area contributed by atoms with Gasteiger partial charge in [-0.15, -0.1) is 22.7 Å². The van der Waals surface area contributed by atoms with Crippen LogP contribution in [0.3, 0.4) is 0 Å². The fourth-order valence-electron chi connectivity index (χ4n) is 5.50. The lowest BCUT2D eigenvalue weighted by molar-refractivity contribution is 0.606. The summed E-state index contributed by atoms with van der Waals surface area (Å²) in [5, 5.41) is 4.72. The molecule has 0 fully saturated rings. The fraction of sp³-hybridized carbons (Fsp3) is 0. The van der Waals surface area contributed by atoms with Gasteiger partial charge in [-0.2, -0.15) is 0 Å². The van der Waals surface area contributed by atoms with Crippen LogP contribution in [0.1, 0.15) is 0 Å². The third-order valence-corrected chi connectivity index (χ3v) is 9.67. The molecule has 10 rings (SSSR count). The maximum Gasteiger partial charge on any atom is 0.239 e. The van der Waals surface area contributed by atoms with Crippen LogP contribution in [0.2, 0.25) is 0 Å². The molecule has 46 heavy (non-hydrogen) atoms. The molecule has 12 heteroatoms. The van der Waals surface area contributed by atoms with Gasteiger partial charge in [0.05, 0.1) is 12.4 Å². The lowest BCUT2D eigenvalue weighted by Gasteiger charge is -1.96. The SMILES string of the molecule is Fc1ccc2cc(-c3ncc(-c4nc5cc6cc7oc(-c8cnc(-c9cc%10ccc(F)cc%10o9)s8)nc7cc6cc5o4)s3)oc2c1. The number of furan rings is 2. The highest BCUT2D eigenvalue weighted by Crippen LogP contribution is 2.39. The molecule has 8 nitrogen and oxygen atoms in total. The Morgan fingerprint density at radius 1 is 0.478 bits per heavy atom. The Morgan fingerprint density at radius 2 is 0.957 bits per heavy atom. The fourth-order valence-corrected chi connectivity index (χ4v) is 7.09. The highest BCUT2D eigenvalue weighted by atomic mass is 32.1. The van der Waals surface area contributed by atoms with E-state index in [0.29, 0.717) is 66.7 Å². The van der Waals surface area contributed by atoms with Gasteiger partial charge >= 0.3 is 0 Å². The van der Waals surface area contributed by atoms with E-state index in [9.17, 15) is 8.78 Å². The molecule has 0 aliphatic carbocycles. The number of nitrogens with zero attached hydrogens (tertiary/aromatic N) is 4. The molecule has 0 unspecified atom stereocenters. The van der Waals surface area contributed by atoms with E-state index in [4.69, 9.17) is 27.6 Å². The summed E-state index contributed by atoms with van der Waals surface area (Å²) in [4.78, 5) is 19.9. The summed E-state index contributed by atoms with van der Waals surface area (Å²) in [7, 11) is 0. The number of halogens is 2. The average molecular weight is 645 g/mol. The molecule has 6 aromatic heterocycles. The van der Waals surface area contributed by atoms with Crippen LogP contribution in [0.15, 0.2) is 103 Å². The van der Waals surface area contributed by atoms with E-state index >= 15 is 0 Å². The first kappa shape index (κ1) is 25.6. The van der Waals surface area contributed by atoms with Crippen molar-refractivity contribution in [1.29, 1.82) is 0 Å². The van der Waals surface area contributed by atoms with Gasteiger partial charge in [-0.05, 0) is 71.4 Å². The second-order valence-corrected chi connectivity index (χ2v) is 12.7. The first-order valence-electron chi connectivity index (χ1n) is 14.0. The maximum absolute atomic E-state index is 13.6. The lowest BCUT2D eigenvalue weighted by Crippen LogP contribution is -1.76. The molecule has 10 aromatic rings. The van der Waals surface area contributed by atoms with Gasteiger partial charge < -0.3 is 17.7 Å². The second kappa shape index (κ2) is 9.39. The summed E-state index contributed by atoms with van der Waals surface area (Å²) in [6.45, 7) is 0. The predicted octanol–water partition coefficient (Wildman–Crippen LogP) is 10.5. The number of hydrogen-bond acceptors (Lipinski definition) is 10. The Labute approximate surface area is 263 Å². The van der Waals surface area contributed by atoms with Crippen molar-refractivity contribution in [2.24, 2.45) is 0 Å². The Morgan fingerprint density at radius 3 is 1.43 bits per heavy atom. The van der Waals surface area contributed by atoms with Crippen LogP contribution in [0.5, 0.6) is 0 Å². The molecule has 4 aromatic carbocycles. The molecule has 220 valence electrons. The molecule has 0 atom stereocenters. The van der Waals surface area contributed by atoms with Crippen LogP contribution in [0.4, 0.5) is 8.78 Å². The van der Waals surface area contributed by atoms with Crippen molar-refractivity contribution in [1.82, 2.24) is 19.9 Å². The Bertz CT molecular complexity index is 2560. The molecular formula is C34H14F2N4O4S2. The summed E-state index contributed by atoms with van der Waals surface area (Å²) >= 11 is 2.76. The quantitative estimate of drug-likeness (QED) is 0.186. The van der Waals surface area contributed by atoms with E-state index in [0.717, 1.165) is 31.3 Å². The number of rotatable bonds is 4. The van der Waals surface area contributed by atoms with Crippen molar-refractivity contribution in [3.63, 3.8) is 0 Å². The third-order valence-electron chi connectivity index (χ3n) is 7.67. The van der Waals surface area contributed by atoms with Gasteiger partial charge in [0.15, 0.2) is 32.7 Å². The molecule has 0 aliphatic heterocycles. The standard InChI is InChI=1S/C34H14F2N4O4S2/c35-19-3-1-15-7-27(41-23(15)11-19)33-37-13-29(45-33)31-39-21-5-17-10-26-22(6-18(17)9-25(21)43-31)40-32(44-26)30-14-38-34(46-30)28-8-16-2-4-20(36)12-24(16)42-28/h1-14H. The maximum atomic E-state index is 13.6. The van der Waals surface area contributed by atoms with E-state index in [1.807, 2.05) is 36.4 Å². The van der Waals surface area contributed by atoms with E-state index < -0.39 is 0 Å². The minimum atomic E-state index is -0.356. The van der Waals surface area contributed by atoms with Gasteiger partial charge in [-0.25, -0.2) is 28.7 Å². The molecular weight excluding hydrogens is 631 g/mol. The van der Waals surface area contributed by atoms with Crippen molar-refractivity contribution in [3.8, 4) is 43.1 Å². The summed E-state index contributed by atoms with van der Waals surface area (Å²) < 4.78 is 51.1. The van der Waals surface area contributed by atoms with Crippen LogP contribution in [0.25, 0.3) is 98.0 Å². The van der Waals surface area contributed by atoms with E-state index in [-0.39, 0.29) is 11.6 Å². The minimum absolute atomic E-state index is 0.356. The molecule has 0 aliphatic rings. The van der Waals surface area contributed by atoms with Gasteiger partial charge in [0.25, 0.3) is 0 Å². The number of oxazole rings is 2. The Balaban J connectivity index is 0.968. The molecule has 0 radical (unpaired) electrons. The van der Waals surface area contributed by atoms with Crippen LogP contribution < -0.4 is 0 Å². The van der Waals surface area contributed by atoms with Crippen molar-refractivity contribution in [2.45, 2.75) is 0 Å². The third kappa shape index (κ3) is 4.07. The van der Waals surface area contributed by atoms with Gasteiger partial charge in [0.2, 0.25) is 11.8 Å². The molecule has 0 N–H and O–H groups in total.